The summed E-state index contributed by atoms with van der Waals surface area (Å²) in [4.78, 5) is 21.5. The molecule has 7 nitrogen and oxygen atoms in total. The summed E-state index contributed by atoms with van der Waals surface area (Å²) in [7, 11) is 1.59. The molecule has 4 rings (SSSR count). The zero-order valence-electron chi connectivity index (χ0n) is 17.1. The molecule has 0 unspecified atom stereocenters. The van der Waals surface area contributed by atoms with Crippen LogP contribution in [0.1, 0.15) is 23.6 Å². The Morgan fingerprint density at radius 3 is 2.73 bits per heavy atom. The van der Waals surface area contributed by atoms with E-state index in [-0.39, 0.29) is 12.3 Å². The third-order valence-electron chi connectivity index (χ3n) is 4.87. The van der Waals surface area contributed by atoms with Gasteiger partial charge in [-0.3, -0.25) is 9.78 Å². The van der Waals surface area contributed by atoms with Crippen LogP contribution in [0.2, 0.25) is 0 Å². The number of carbonyl (C=O) groups excluding carboxylic acids is 1. The summed E-state index contributed by atoms with van der Waals surface area (Å²) in [5, 5.41) is 7.95. The van der Waals surface area contributed by atoms with Gasteiger partial charge < -0.3 is 14.6 Å². The maximum atomic E-state index is 12.6. The topological polar surface area (TPSA) is 90.1 Å². The van der Waals surface area contributed by atoms with Crippen LogP contribution in [0.3, 0.4) is 0 Å². The molecule has 4 aromatic rings. The number of pyridine rings is 1. The van der Waals surface area contributed by atoms with Gasteiger partial charge in [0.2, 0.25) is 17.6 Å². The molecule has 0 atom stereocenters. The lowest BCUT2D eigenvalue weighted by molar-refractivity contribution is -0.116. The molecule has 2 heterocycles. The Bertz CT molecular complexity index is 1220. The molecule has 0 saturated heterocycles. The number of nitrogens with one attached hydrogen (secondary N) is 1. The highest BCUT2D eigenvalue weighted by atomic mass is 16.5. The number of amides is 1. The van der Waals surface area contributed by atoms with E-state index in [4.69, 9.17) is 9.26 Å². The van der Waals surface area contributed by atoms with Gasteiger partial charge >= 0.3 is 0 Å². The van der Waals surface area contributed by atoms with Gasteiger partial charge in [0.25, 0.3) is 0 Å². The number of fused-ring (bicyclic) bond motifs is 1. The van der Waals surface area contributed by atoms with Crippen molar-refractivity contribution in [1.29, 1.82) is 0 Å². The molecule has 0 aliphatic rings. The van der Waals surface area contributed by atoms with Gasteiger partial charge in [-0.05, 0) is 49.7 Å². The Balaban J connectivity index is 1.46. The SMILES string of the molecule is COc1ccccc1-c1noc(CCC(=O)Nc2c(C)ccc3nc(C)ccc23)n1. The van der Waals surface area contributed by atoms with Crippen molar-refractivity contribution in [2.75, 3.05) is 12.4 Å². The number of aromatic nitrogens is 3. The molecule has 152 valence electrons. The maximum Gasteiger partial charge on any atom is 0.227 e. The summed E-state index contributed by atoms with van der Waals surface area (Å²) in [6.45, 7) is 3.91. The lowest BCUT2D eigenvalue weighted by atomic mass is 10.1. The molecule has 0 spiro atoms. The maximum absolute atomic E-state index is 12.6. The van der Waals surface area contributed by atoms with Crippen molar-refractivity contribution < 1.29 is 14.1 Å². The predicted octanol–water partition coefficient (Wildman–Crippen LogP) is 4.48. The number of aryl methyl sites for hydroxylation is 3. The minimum Gasteiger partial charge on any atom is -0.496 e. The zero-order valence-corrected chi connectivity index (χ0v) is 17.1. The first-order chi connectivity index (χ1) is 14.5. The Morgan fingerprint density at radius 2 is 1.90 bits per heavy atom. The number of nitrogens with zero attached hydrogens (tertiary/aromatic N) is 3. The summed E-state index contributed by atoms with van der Waals surface area (Å²) < 4.78 is 10.7. The fourth-order valence-corrected chi connectivity index (χ4v) is 3.30. The van der Waals surface area contributed by atoms with Gasteiger partial charge in [-0.15, -0.1) is 0 Å². The fraction of sp³-hybridized carbons (Fsp3) is 0.217. The van der Waals surface area contributed by atoms with Gasteiger partial charge in [-0.1, -0.05) is 23.4 Å². The molecule has 0 aliphatic carbocycles. The summed E-state index contributed by atoms with van der Waals surface area (Å²) in [6, 6.07) is 15.3. The van der Waals surface area contributed by atoms with Crippen LogP contribution in [0.5, 0.6) is 5.75 Å². The van der Waals surface area contributed by atoms with E-state index in [1.54, 1.807) is 7.11 Å². The minimum atomic E-state index is -0.122. The monoisotopic (exact) mass is 402 g/mol. The Kier molecular flexibility index (Phi) is 5.43. The van der Waals surface area contributed by atoms with Crippen LogP contribution < -0.4 is 10.1 Å². The molecule has 0 bridgehead atoms. The molecule has 30 heavy (non-hydrogen) atoms. The molecule has 2 aromatic heterocycles. The number of rotatable bonds is 6. The van der Waals surface area contributed by atoms with Gasteiger partial charge in [-0.2, -0.15) is 4.98 Å². The number of anilines is 1. The highest BCUT2D eigenvalue weighted by Gasteiger charge is 2.15. The normalized spacial score (nSPS) is 10.9. The van der Waals surface area contributed by atoms with E-state index in [0.29, 0.717) is 23.9 Å². The molecule has 0 saturated carbocycles. The Hall–Kier alpha value is -3.74. The van der Waals surface area contributed by atoms with Crippen molar-refractivity contribution in [3.05, 3.63) is 65.7 Å². The molecular weight excluding hydrogens is 380 g/mol. The van der Waals surface area contributed by atoms with Crippen LogP contribution in [-0.2, 0) is 11.2 Å². The second-order valence-corrected chi connectivity index (χ2v) is 7.04. The van der Waals surface area contributed by atoms with E-state index in [1.165, 1.54) is 0 Å². The first kappa shape index (κ1) is 19.6. The fourth-order valence-electron chi connectivity index (χ4n) is 3.30. The third kappa shape index (κ3) is 4.00. The summed E-state index contributed by atoms with van der Waals surface area (Å²) in [6.07, 6.45) is 0.567. The predicted molar refractivity (Wildman–Crippen MR) is 114 cm³/mol. The molecule has 0 aliphatic heterocycles. The largest absolute Gasteiger partial charge is 0.496 e. The van der Waals surface area contributed by atoms with Crippen molar-refractivity contribution >= 4 is 22.5 Å². The zero-order chi connectivity index (χ0) is 21.1. The summed E-state index contributed by atoms with van der Waals surface area (Å²) in [5.41, 5.74) is 4.30. The quantitative estimate of drug-likeness (QED) is 0.511. The van der Waals surface area contributed by atoms with E-state index in [2.05, 4.69) is 20.4 Å². The van der Waals surface area contributed by atoms with E-state index >= 15 is 0 Å². The number of methoxy groups -OCH3 is 1. The number of carbonyl (C=O) groups is 1. The number of hydrogen-bond donors (Lipinski definition) is 1. The average molecular weight is 402 g/mol. The van der Waals surface area contributed by atoms with Gasteiger partial charge in [0, 0.05) is 23.9 Å². The van der Waals surface area contributed by atoms with Crippen LogP contribution in [-0.4, -0.2) is 28.1 Å². The van der Waals surface area contributed by atoms with Gasteiger partial charge in [0.1, 0.15) is 5.75 Å². The highest BCUT2D eigenvalue weighted by Crippen LogP contribution is 2.28. The van der Waals surface area contributed by atoms with E-state index in [9.17, 15) is 4.79 Å². The highest BCUT2D eigenvalue weighted by molar-refractivity contribution is 6.02. The summed E-state index contributed by atoms with van der Waals surface area (Å²) in [5.74, 6) is 1.38. The van der Waals surface area contributed by atoms with Crippen molar-refractivity contribution in [3.8, 4) is 17.1 Å². The Labute approximate surface area is 174 Å². The van der Waals surface area contributed by atoms with Gasteiger partial charge in [-0.25, -0.2) is 0 Å². The van der Waals surface area contributed by atoms with Gasteiger partial charge in [0.15, 0.2) is 0 Å². The Morgan fingerprint density at radius 1 is 1.07 bits per heavy atom. The second-order valence-electron chi connectivity index (χ2n) is 7.04. The van der Waals surface area contributed by atoms with E-state index in [0.717, 1.165) is 33.4 Å². The van der Waals surface area contributed by atoms with E-state index < -0.39 is 0 Å². The molecule has 0 radical (unpaired) electrons. The van der Waals surface area contributed by atoms with Crippen molar-refractivity contribution in [2.45, 2.75) is 26.7 Å². The van der Waals surface area contributed by atoms with Crippen LogP contribution in [0.15, 0.2) is 53.1 Å². The first-order valence-electron chi connectivity index (χ1n) is 9.68. The van der Waals surface area contributed by atoms with Gasteiger partial charge in [0.05, 0.1) is 23.9 Å². The molecule has 0 fully saturated rings. The standard InChI is InChI=1S/C23H22N4O3/c1-14-8-11-18-16(10-9-15(2)24-18)22(14)25-20(28)12-13-21-26-23(27-30-21)17-6-4-5-7-19(17)29-3/h4-11H,12-13H2,1-3H3,(H,25,28). The molecular formula is C23H22N4O3. The van der Waals surface area contributed by atoms with E-state index in [1.807, 2.05) is 62.4 Å². The second kappa shape index (κ2) is 8.32. The minimum absolute atomic E-state index is 0.122. The number of para-hydroxylation sites is 1. The van der Waals surface area contributed by atoms with Crippen LogP contribution in [0.4, 0.5) is 5.69 Å². The lowest BCUT2D eigenvalue weighted by Gasteiger charge is -2.11. The van der Waals surface area contributed by atoms with Crippen molar-refractivity contribution in [3.63, 3.8) is 0 Å². The van der Waals surface area contributed by atoms with Crippen LogP contribution in [0, 0.1) is 13.8 Å². The smallest absolute Gasteiger partial charge is 0.227 e. The molecule has 2 aromatic carbocycles. The molecule has 1 N–H and O–H groups in total. The number of hydrogen-bond acceptors (Lipinski definition) is 6. The summed E-state index contributed by atoms with van der Waals surface area (Å²) >= 11 is 0. The lowest BCUT2D eigenvalue weighted by Crippen LogP contribution is -2.13. The van der Waals surface area contributed by atoms with Crippen LogP contribution >= 0.6 is 0 Å². The molecule has 7 heteroatoms. The number of ether oxygens (including phenoxy) is 1. The van der Waals surface area contributed by atoms with Crippen molar-refractivity contribution in [1.82, 2.24) is 15.1 Å². The first-order valence-corrected chi connectivity index (χ1v) is 9.68. The van der Waals surface area contributed by atoms with Crippen LogP contribution in [0.25, 0.3) is 22.3 Å². The third-order valence-corrected chi connectivity index (χ3v) is 4.87. The molecule has 1 amide bonds. The average Bonchev–Trinajstić information content (AvgIpc) is 3.23. The van der Waals surface area contributed by atoms with Crippen molar-refractivity contribution in [2.24, 2.45) is 0 Å². The number of benzene rings is 2.